The molecular weight excluding hydrogens is 115 g/mol. The first kappa shape index (κ1) is 8.49. The number of hydrogen-bond donors (Lipinski definition) is 0. The van der Waals surface area contributed by atoms with Crippen LogP contribution in [0.2, 0.25) is 0 Å². The van der Waals surface area contributed by atoms with E-state index >= 15 is 0 Å². The van der Waals surface area contributed by atoms with Gasteiger partial charge in [0.2, 0.25) is 0 Å². The Labute approximate surface area is 60.2 Å². The highest BCUT2D eigenvalue weighted by Crippen LogP contribution is 2.02. The molecule has 0 fully saturated rings. The second kappa shape index (κ2) is 5.63. The van der Waals surface area contributed by atoms with Crippen molar-refractivity contribution in [3.63, 3.8) is 0 Å². The molecule has 0 aromatic rings. The van der Waals surface area contributed by atoms with Crippen molar-refractivity contribution in [3.05, 3.63) is 0 Å². The molecule has 1 unspecified atom stereocenters. The summed E-state index contributed by atoms with van der Waals surface area (Å²) in [5.74, 6) is 0. The molecule has 1 nitrogen and oxygen atoms in total. The van der Waals surface area contributed by atoms with Crippen LogP contribution in [0.15, 0.2) is 0 Å². The van der Waals surface area contributed by atoms with Gasteiger partial charge in [-0.1, -0.05) is 20.3 Å². The van der Waals surface area contributed by atoms with Crippen molar-refractivity contribution in [1.29, 1.82) is 0 Å². The first-order chi connectivity index (χ1) is 3.85. The molecule has 0 spiro atoms. The summed E-state index contributed by atoms with van der Waals surface area (Å²) in [4.78, 5) is 0. The maximum atomic E-state index is 5.28. The zero-order valence-electron chi connectivity index (χ0n) is 6.11. The Morgan fingerprint density at radius 2 is 2.12 bits per heavy atom. The van der Waals surface area contributed by atoms with E-state index in [2.05, 4.69) is 13.8 Å². The van der Waals surface area contributed by atoms with Crippen molar-refractivity contribution in [2.24, 2.45) is 0 Å². The van der Waals surface area contributed by atoms with E-state index in [1.165, 1.54) is 19.3 Å². The lowest BCUT2D eigenvalue weighted by Gasteiger charge is -2.11. The van der Waals surface area contributed by atoms with Crippen LogP contribution in [0.3, 0.4) is 0 Å². The van der Waals surface area contributed by atoms with E-state index < -0.39 is 0 Å². The molecule has 2 heteroatoms. The van der Waals surface area contributed by atoms with Crippen LogP contribution in [0.4, 0.5) is 0 Å². The molecule has 0 rings (SSSR count). The molecule has 0 N–H and O–H groups in total. The van der Waals surface area contributed by atoms with Gasteiger partial charge >= 0.3 is 16.6 Å². The summed E-state index contributed by atoms with van der Waals surface area (Å²) in [6.07, 6.45) is 4.23. The van der Waals surface area contributed by atoms with Gasteiger partial charge in [0.25, 0.3) is 0 Å². The summed E-state index contributed by atoms with van der Waals surface area (Å²) in [6.45, 7) is 4.38. The standard InChI is InChI=1S/C6H13O.Al.2H/c1-3-5-6(7)4-2;;;/h6H,3-5H2,1-2H3;;;/q-1;+1;;. The summed E-state index contributed by atoms with van der Waals surface area (Å²) in [6, 6.07) is 0. The van der Waals surface area contributed by atoms with Crippen molar-refractivity contribution in [3.8, 4) is 0 Å². The molecule has 0 radical (unpaired) electrons. The van der Waals surface area contributed by atoms with E-state index in [4.69, 9.17) is 3.79 Å². The molecular formula is C6H15AlO. The van der Waals surface area contributed by atoms with Crippen molar-refractivity contribution in [1.82, 2.24) is 0 Å². The average Bonchev–Trinajstić information content (AvgIpc) is 1.83. The summed E-state index contributed by atoms with van der Waals surface area (Å²) in [7, 11) is 0. The Hall–Kier alpha value is 0.492. The van der Waals surface area contributed by atoms with Crippen LogP contribution in [0.5, 0.6) is 0 Å². The topological polar surface area (TPSA) is 9.23 Å². The molecule has 48 valence electrons. The van der Waals surface area contributed by atoms with E-state index in [9.17, 15) is 0 Å². The molecule has 0 aliphatic heterocycles. The van der Waals surface area contributed by atoms with Crippen molar-refractivity contribution in [2.45, 2.75) is 39.2 Å². The van der Waals surface area contributed by atoms with Gasteiger partial charge in [-0.25, -0.2) is 0 Å². The predicted molar refractivity (Wildman–Crippen MR) is 38.6 cm³/mol. The first-order valence-corrected chi connectivity index (χ1v) is 4.19. The minimum atomic E-state index is 0.562. The fraction of sp³-hybridized carbons (Fsp3) is 1.00. The Morgan fingerprint density at radius 3 is 2.25 bits per heavy atom. The maximum absolute atomic E-state index is 5.28. The average molecular weight is 130 g/mol. The lowest BCUT2D eigenvalue weighted by atomic mass is 10.2. The van der Waals surface area contributed by atoms with Gasteiger partial charge in [-0.3, -0.25) is 0 Å². The van der Waals surface area contributed by atoms with Gasteiger partial charge in [-0.05, 0) is 12.8 Å². The molecule has 0 aromatic carbocycles. The van der Waals surface area contributed by atoms with E-state index in [1.54, 1.807) is 0 Å². The van der Waals surface area contributed by atoms with Crippen LogP contribution >= 0.6 is 0 Å². The SMILES string of the molecule is CCCC(CC)[O][AlH2]. The molecule has 0 saturated carbocycles. The highest BCUT2D eigenvalue weighted by Gasteiger charge is 1.98. The third-order valence-electron chi connectivity index (χ3n) is 1.40. The Morgan fingerprint density at radius 1 is 1.50 bits per heavy atom. The van der Waals surface area contributed by atoms with Crippen LogP contribution in [-0.2, 0) is 3.79 Å². The van der Waals surface area contributed by atoms with Crippen LogP contribution in [0.1, 0.15) is 33.1 Å². The van der Waals surface area contributed by atoms with Gasteiger partial charge in [0, 0.05) is 6.10 Å². The molecule has 1 atom stereocenters. The summed E-state index contributed by atoms with van der Waals surface area (Å²) in [5.41, 5.74) is 0. The normalized spacial score (nSPS) is 13.8. The van der Waals surface area contributed by atoms with Crippen LogP contribution in [0.25, 0.3) is 0 Å². The van der Waals surface area contributed by atoms with Crippen LogP contribution < -0.4 is 0 Å². The van der Waals surface area contributed by atoms with Gasteiger partial charge < -0.3 is 3.79 Å². The minimum Gasteiger partial charge on any atom is -0.504 e. The van der Waals surface area contributed by atoms with E-state index in [1.807, 2.05) is 0 Å². The molecule has 0 amide bonds. The first-order valence-electron chi connectivity index (χ1n) is 3.37. The molecule has 0 bridgehead atoms. The third kappa shape index (κ3) is 3.49. The Balaban J connectivity index is 3.07. The molecule has 0 aromatic heterocycles. The van der Waals surface area contributed by atoms with Crippen molar-refractivity contribution < 1.29 is 3.79 Å². The van der Waals surface area contributed by atoms with Crippen LogP contribution in [0, 0.1) is 0 Å². The monoisotopic (exact) mass is 130 g/mol. The molecule has 8 heavy (non-hydrogen) atoms. The smallest absolute Gasteiger partial charge is 0.410 e. The second-order valence-electron chi connectivity index (χ2n) is 2.05. The van der Waals surface area contributed by atoms with E-state index in [0.29, 0.717) is 6.10 Å². The lowest BCUT2D eigenvalue weighted by molar-refractivity contribution is 0.204. The zero-order valence-corrected chi connectivity index (χ0v) is 8.11. The quantitative estimate of drug-likeness (QED) is 0.518. The number of hydrogen-bond acceptors (Lipinski definition) is 1. The Kier molecular flexibility index (Phi) is 5.97. The Bertz CT molecular complexity index is 43.8. The zero-order chi connectivity index (χ0) is 6.41. The fourth-order valence-electron chi connectivity index (χ4n) is 0.811. The molecule has 0 heterocycles. The highest BCUT2D eigenvalue weighted by molar-refractivity contribution is 5.98. The van der Waals surface area contributed by atoms with Crippen molar-refractivity contribution in [2.75, 3.05) is 0 Å². The highest BCUT2D eigenvalue weighted by atomic mass is 27.1. The molecule has 0 aliphatic rings. The third-order valence-corrected chi connectivity index (χ3v) is 2.07. The van der Waals surface area contributed by atoms with E-state index in [0.717, 1.165) is 16.6 Å². The van der Waals surface area contributed by atoms with Gasteiger partial charge in [0.1, 0.15) is 0 Å². The summed E-state index contributed by atoms with van der Waals surface area (Å²) < 4.78 is 5.28. The largest absolute Gasteiger partial charge is 0.504 e. The molecule has 0 saturated heterocycles. The fourth-order valence-corrected chi connectivity index (χ4v) is 1.38. The molecule has 0 aliphatic carbocycles. The van der Waals surface area contributed by atoms with Crippen LogP contribution in [-0.4, -0.2) is 22.7 Å². The minimum absolute atomic E-state index is 0.562. The summed E-state index contributed by atoms with van der Waals surface area (Å²) in [5, 5.41) is 0. The van der Waals surface area contributed by atoms with E-state index in [-0.39, 0.29) is 0 Å². The van der Waals surface area contributed by atoms with Gasteiger partial charge in [-0.15, -0.1) is 0 Å². The second-order valence-corrected chi connectivity index (χ2v) is 2.53. The van der Waals surface area contributed by atoms with Gasteiger partial charge in [0.15, 0.2) is 0 Å². The predicted octanol–water partition coefficient (Wildman–Crippen LogP) is 1.13. The van der Waals surface area contributed by atoms with Gasteiger partial charge in [0.05, 0.1) is 0 Å². The van der Waals surface area contributed by atoms with Crippen molar-refractivity contribution >= 4 is 16.6 Å². The lowest BCUT2D eigenvalue weighted by Crippen LogP contribution is -2.08. The van der Waals surface area contributed by atoms with Gasteiger partial charge in [-0.2, -0.15) is 0 Å². The number of rotatable bonds is 4. The summed E-state index contributed by atoms with van der Waals surface area (Å²) >= 11 is 0.896. The maximum Gasteiger partial charge on any atom is 0.410 e.